The fourth-order valence-electron chi connectivity index (χ4n) is 2.66. The van der Waals surface area contributed by atoms with E-state index >= 15 is 0 Å². The molecule has 4 nitrogen and oxygen atoms in total. The Kier molecular flexibility index (Phi) is 6.26. The topological polar surface area (TPSA) is 45.2 Å². The highest BCUT2D eigenvalue weighted by molar-refractivity contribution is 7.09. The smallest absolute Gasteiger partial charge is 0.224 e. The number of rotatable bonds is 6. The van der Waals surface area contributed by atoms with Gasteiger partial charge in [-0.05, 0) is 32.4 Å². The Bertz CT molecular complexity index is 438. The van der Waals surface area contributed by atoms with Crippen molar-refractivity contribution in [1.82, 2.24) is 15.2 Å². The van der Waals surface area contributed by atoms with Crippen LogP contribution in [0.15, 0.2) is 5.38 Å². The van der Waals surface area contributed by atoms with Gasteiger partial charge in [0.15, 0.2) is 0 Å². The van der Waals surface area contributed by atoms with Crippen LogP contribution in [0.1, 0.15) is 30.0 Å². The van der Waals surface area contributed by atoms with E-state index in [0.29, 0.717) is 5.88 Å². The first-order valence-electron chi connectivity index (χ1n) is 7.16. The fraction of sp³-hybridized carbons (Fsp3) is 0.714. The summed E-state index contributed by atoms with van der Waals surface area (Å²) in [5, 5.41) is 5.96. The molecule has 1 aliphatic heterocycles. The third-order valence-corrected chi connectivity index (χ3v) is 4.96. The molecule has 1 atom stereocenters. The highest BCUT2D eigenvalue weighted by Crippen LogP contribution is 2.18. The molecule has 2 rings (SSSR count). The number of aromatic nitrogens is 1. The number of amides is 1. The summed E-state index contributed by atoms with van der Waals surface area (Å²) in [6.45, 7) is 3.05. The molecular weight excluding hydrogens is 294 g/mol. The minimum Gasteiger partial charge on any atom is -0.359 e. The van der Waals surface area contributed by atoms with Crippen molar-refractivity contribution in [3.05, 3.63) is 16.1 Å². The van der Waals surface area contributed by atoms with E-state index in [9.17, 15) is 4.79 Å². The van der Waals surface area contributed by atoms with Gasteiger partial charge in [-0.2, -0.15) is 0 Å². The number of thiazole rings is 1. The number of piperidine rings is 1. The zero-order valence-corrected chi connectivity index (χ0v) is 13.5. The average molecular weight is 316 g/mol. The molecule has 0 spiro atoms. The van der Waals surface area contributed by atoms with Crippen molar-refractivity contribution in [3.63, 3.8) is 0 Å². The van der Waals surface area contributed by atoms with Crippen molar-refractivity contribution in [3.8, 4) is 0 Å². The van der Waals surface area contributed by atoms with Crippen LogP contribution in [0.5, 0.6) is 0 Å². The van der Waals surface area contributed by atoms with Gasteiger partial charge in [0.25, 0.3) is 0 Å². The van der Waals surface area contributed by atoms with E-state index in [1.54, 1.807) is 18.4 Å². The minimum absolute atomic E-state index is 0.163. The third-order valence-electron chi connectivity index (χ3n) is 3.72. The molecule has 0 bridgehead atoms. The van der Waals surface area contributed by atoms with E-state index in [0.717, 1.165) is 51.0 Å². The summed E-state index contributed by atoms with van der Waals surface area (Å²) in [4.78, 5) is 18.6. The van der Waals surface area contributed by atoms with Gasteiger partial charge in [0, 0.05) is 25.4 Å². The molecule has 1 aromatic rings. The number of halogens is 1. The Hall–Kier alpha value is -0.650. The number of carbonyl (C=O) groups is 1. The van der Waals surface area contributed by atoms with Gasteiger partial charge in [-0.1, -0.05) is 0 Å². The molecule has 0 aromatic carbocycles. The summed E-state index contributed by atoms with van der Waals surface area (Å²) < 4.78 is 0. The van der Waals surface area contributed by atoms with Crippen molar-refractivity contribution in [2.24, 2.45) is 5.92 Å². The van der Waals surface area contributed by atoms with Crippen molar-refractivity contribution in [1.29, 1.82) is 0 Å². The largest absolute Gasteiger partial charge is 0.359 e. The Morgan fingerprint density at radius 1 is 1.65 bits per heavy atom. The maximum atomic E-state index is 11.7. The van der Waals surface area contributed by atoms with Gasteiger partial charge in [-0.25, -0.2) is 4.98 Å². The first-order valence-corrected chi connectivity index (χ1v) is 8.57. The molecule has 2 heterocycles. The second-order valence-electron chi connectivity index (χ2n) is 5.22. The molecule has 112 valence electrons. The first-order chi connectivity index (χ1) is 9.72. The highest BCUT2D eigenvalue weighted by atomic mass is 35.5. The lowest BCUT2D eigenvalue weighted by atomic mass is 9.97. The number of aryl methyl sites for hydroxylation is 1. The minimum atomic E-state index is 0.163. The number of carbonyl (C=O) groups excluding carboxylic acids is 1. The Morgan fingerprint density at radius 3 is 3.20 bits per heavy atom. The van der Waals surface area contributed by atoms with E-state index in [4.69, 9.17) is 11.6 Å². The molecule has 1 aromatic heterocycles. The highest BCUT2D eigenvalue weighted by Gasteiger charge is 2.24. The summed E-state index contributed by atoms with van der Waals surface area (Å²) in [6, 6.07) is 0. The molecule has 6 heteroatoms. The predicted molar refractivity (Wildman–Crippen MR) is 83.2 cm³/mol. The fourth-order valence-corrected chi connectivity index (χ4v) is 3.72. The predicted octanol–water partition coefficient (Wildman–Crippen LogP) is 2.27. The Balaban J connectivity index is 1.72. The number of nitrogens with one attached hydrogen (secondary N) is 1. The molecule has 1 N–H and O–H groups in total. The van der Waals surface area contributed by atoms with Crippen LogP contribution in [0.3, 0.4) is 0 Å². The van der Waals surface area contributed by atoms with E-state index < -0.39 is 0 Å². The lowest BCUT2D eigenvalue weighted by molar-refractivity contribution is -0.126. The number of alkyl halides is 1. The first kappa shape index (κ1) is 15.7. The number of hydrogen-bond acceptors (Lipinski definition) is 4. The molecule has 0 saturated carbocycles. The zero-order chi connectivity index (χ0) is 14.4. The molecule has 1 unspecified atom stereocenters. The lowest BCUT2D eigenvalue weighted by Crippen LogP contribution is -2.42. The van der Waals surface area contributed by atoms with E-state index in [1.165, 1.54) is 5.01 Å². The molecule has 1 aliphatic rings. The second-order valence-corrected chi connectivity index (χ2v) is 6.43. The van der Waals surface area contributed by atoms with E-state index in [1.807, 2.05) is 5.38 Å². The van der Waals surface area contributed by atoms with Gasteiger partial charge in [0.1, 0.15) is 0 Å². The van der Waals surface area contributed by atoms with Crippen molar-refractivity contribution >= 4 is 28.8 Å². The second kappa shape index (κ2) is 7.96. The van der Waals surface area contributed by atoms with Crippen LogP contribution in [0, 0.1) is 5.92 Å². The van der Waals surface area contributed by atoms with Crippen LogP contribution in [0.25, 0.3) is 0 Å². The van der Waals surface area contributed by atoms with Gasteiger partial charge in [0.05, 0.1) is 22.5 Å². The molecule has 1 saturated heterocycles. The van der Waals surface area contributed by atoms with Crippen LogP contribution in [-0.4, -0.2) is 42.5 Å². The van der Waals surface area contributed by atoms with Crippen LogP contribution in [0.4, 0.5) is 0 Å². The van der Waals surface area contributed by atoms with Crippen molar-refractivity contribution in [2.45, 2.75) is 31.6 Å². The summed E-state index contributed by atoms with van der Waals surface area (Å²) in [5.74, 6) is 0.842. The van der Waals surface area contributed by atoms with Crippen molar-refractivity contribution in [2.75, 3.05) is 26.7 Å². The standard InChI is InChI=1S/C14H22ClN3OS/c1-16-14(19)11-4-2-6-18(9-11)7-3-5-13-17-12(8-15)10-20-13/h10-11H,2-9H2,1H3,(H,16,19). The van der Waals surface area contributed by atoms with E-state index in [-0.39, 0.29) is 11.8 Å². The molecule has 1 fully saturated rings. The summed E-state index contributed by atoms with van der Waals surface area (Å²) >= 11 is 7.45. The number of hydrogen-bond donors (Lipinski definition) is 1. The van der Waals surface area contributed by atoms with Gasteiger partial charge in [-0.15, -0.1) is 22.9 Å². The molecule has 0 aliphatic carbocycles. The van der Waals surface area contributed by atoms with Gasteiger partial charge in [-0.3, -0.25) is 4.79 Å². The molecular formula is C14H22ClN3OS. The normalized spacial score (nSPS) is 20.0. The van der Waals surface area contributed by atoms with Crippen LogP contribution < -0.4 is 5.32 Å². The SMILES string of the molecule is CNC(=O)C1CCCN(CCCc2nc(CCl)cs2)C1. The Labute approximate surface area is 129 Å². The summed E-state index contributed by atoms with van der Waals surface area (Å²) in [7, 11) is 1.72. The molecule has 20 heavy (non-hydrogen) atoms. The average Bonchev–Trinajstić information content (AvgIpc) is 2.95. The third kappa shape index (κ3) is 4.43. The number of likely N-dealkylation sites (tertiary alicyclic amines) is 1. The Morgan fingerprint density at radius 2 is 2.50 bits per heavy atom. The van der Waals surface area contributed by atoms with E-state index in [2.05, 4.69) is 15.2 Å². The van der Waals surface area contributed by atoms with Crippen LogP contribution >= 0.6 is 22.9 Å². The summed E-state index contributed by atoms with van der Waals surface area (Å²) in [6.07, 6.45) is 4.23. The quantitative estimate of drug-likeness (QED) is 0.819. The summed E-state index contributed by atoms with van der Waals surface area (Å²) in [5.41, 5.74) is 0.976. The molecule has 0 radical (unpaired) electrons. The zero-order valence-electron chi connectivity index (χ0n) is 11.9. The van der Waals surface area contributed by atoms with Gasteiger partial charge >= 0.3 is 0 Å². The van der Waals surface area contributed by atoms with Crippen LogP contribution in [-0.2, 0) is 17.1 Å². The van der Waals surface area contributed by atoms with Crippen molar-refractivity contribution < 1.29 is 4.79 Å². The maximum Gasteiger partial charge on any atom is 0.224 e. The van der Waals surface area contributed by atoms with Gasteiger partial charge < -0.3 is 10.2 Å². The lowest BCUT2D eigenvalue weighted by Gasteiger charge is -2.31. The monoisotopic (exact) mass is 315 g/mol. The number of nitrogens with zero attached hydrogens (tertiary/aromatic N) is 2. The molecule has 1 amide bonds. The van der Waals surface area contributed by atoms with Gasteiger partial charge in [0.2, 0.25) is 5.91 Å². The maximum absolute atomic E-state index is 11.7. The van der Waals surface area contributed by atoms with Crippen LogP contribution in [0.2, 0.25) is 0 Å².